The van der Waals surface area contributed by atoms with E-state index in [1.54, 1.807) is 6.08 Å². The first-order valence-corrected chi connectivity index (χ1v) is 7.90. The highest BCUT2D eigenvalue weighted by Crippen LogP contribution is 2.14. The van der Waals surface area contributed by atoms with Gasteiger partial charge in [0.15, 0.2) is 0 Å². The van der Waals surface area contributed by atoms with E-state index < -0.39 is 17.1 Å². The Balaban J connectivity index is 1.95. The van der Waals surface area contributed by atoms with E-state index in [4.69, 9.17) is 9.47 Å². The maximum Gasteiger partial charge on any atom is 0.336 e. The first-order valence-electron chi connectivity index (χ1n) is 7.90. The maximum absolute atomic E-state index is 12.5. The summed E-state index contributed by atoms with van der Waals surface area (Å²) in [7, 11) is 0. The molecule has 1 aromatic heterocycles. The molecule has 23 heavy (non-hydrogen) atoms. The molecule has 2 aliphatic heterocycles. The van der Waals surface area contributed by atoms with Crippen molar-refractivity contribution in [2.24, 2.45) is 0 Å². The van der Waals surface area contributed by atoms with Crippen LogP contribution in [0.25, 0.3) is 0 Å². The van der Waals surface area contributed by atoms with E-state index in [0.29, 0.717) is 32.5 Å². The average Bonchev–Trinajstić information content (AvgIpc) is 3.41. The third-order valence-corrected chi connectivity index (χ3v) is 4.10. The highest BCUT2D eigenvalue weighted by Gasteiger charge is 2.25. The van der Waals surface area contributed by atoms with E-state index in [-0.39, 0.29) is 31.8 Å². The van der Waals surface area contributed by atoms with Gasteiger partial charge in [0, 0.05) is 19.6 Å². The summed E-state index contributed by atoms with van der Waals surface area (Å²) in [5.41, 5.74) is -1.65. The maximum atomic E-state index is 12.5. The van der Waals surface area contributed by atoms with Crippen molar-refractivity contribution in [1.29, 1.82) is 0 Å². The number of ether oxygens (including phenoxy) is 2. The fraction of sp³-hybridized carbons (Fsp3) is 0.667. The molecule has 0 N–H and O–H groups in total. The van der Waals surface area contributed by atoms with Gasteiger partial charge in [0.2, 0.25) is 0 Å². The molecule has 0 aromatic carbocycles. The Morgan fingerprint density at radius 1 is 0.870 bits per heavy atom. The van der Waals surface area contributed by atoms with E-state index in [9.17, 15) is 14.4 Å². The number of aromatic nitrogens is 3. The summed E-state index contributed by atoms with van der Waals surface area (Å²) in [6.45, 7) is 5.68. The lowest BCUT2D eigenvalue weighted by molar-refractivity contribution is 0.357. The Kier molecular flexibility index (Phi) is 4.63. The molecule has 2 saturated heterocycles. The topological polar surface area (TPSA) is 91.1 Å². The highest BCUT2D eigenvalue weighted by atomic mass is 16.6. The molecular formula is C15H21N3O5. The molecule has 0 amide bonds. The molecule has 8 heteroatoms. The second-order valence-corrected chi connectivity index (χ2v) is 5.87. The van der Waals surface area contributed by atoms with Crippen molar-refractivity contribution in [2.75, 3.05) is 13.2 Å². The zero-order valence-corrected chi connectivity index (χ0v) is 13.0. The van der Waals surface area contributed by atoms with Gasteiger partial charge in [0.25, 0.3) is 0 Å². The lowest BCUT2D eigenvalue weighted by atomic mass is 10.3. The zero-order valence-electron chi connectivity index (χ0n) is 13.0. The van der Waals surface area contributed by atoms with Crippen molar-refractivity contribution in [3.63, 3.8) is 0 Å². The first-order chi connectivity index (χ1) is 11.1. The molecular weight excluding hydrogens is 302 g/mol. The monoisotopic (exact) mass is 323 g/mol. The molecule has 0 aliphatic carbocycles. The van der Waals surface area contributed by atoms with Gasteiger partial charge in [-0.3, -0.25) is 0 Å². The van der Waals surface area contributed by atoms with Crippen molar-refractivity contribution in [1.82, 2.24) is 13.7 Å². The minimum atomic E-state index is -0.554. The Morgan fingerprint density at radius 3 is 1.61 bits per heavy atom. The minimum Gasteiger partial charge on any atom is -0.373 e. The van der Waals surface area contributed by atoms with Gasteiger partial charge in [-0.25, -0.2) is 28.1 Å². The van der Waals surface area contributed by atoms with Gasteiger partial charge in [0.05, 0.1) is 25.4 Å². The van der Waals surface area contributed by atoms with Crippen molar-refractivity contribution < 1.29 is 9.47 Å². The van der Waals surface area contributed by atoms with E-state index in [0.717, 1.165) is 13.7 Å². The van der Waals surface area contributed by atoms with Crippen molar-refractivity contribution >= 4 is 0 Å². The predicted octanol–water partition coefficient (Wildman–Crippen LogP) is -0.674. The Morgan fingerprint density at radius 2 is 1.26 bits per heavy atom. The molecule has 0 saturated carbocycles. The molecule has 3 heterocycles. The van der Waals surface area contributed by atoms with Crippen LogP contribution in [0.15, 0.2) is 27.0 Å². The average molecular weight is 323 g/mol. The molecule has 2 fully saturated rings. The molecule has 0 bridgehead atoms. The van der Waals surface area contributed by atoms with E-state index in [2.05, 4.69) is 6.58 Å². The molecule has 2 unspecified atom stereocenters. The first kappa shape index (κ1) is 15.9. The van der Waals surface area contributed by atoms with E-state index in [1.807, 2.05) is 0 Å². The van der Waals surface area contributed by atoms with Crippen molar-refractivity contribution in [3.8, 4) is 0 Å². The number of hydrogen-bond acceptors (Lipinski definition) is 5. The number of nitrogens with zero attached hydrogens (tertiary/aromatic N) is 3. The van der Waals surface area contributed by atoms with Crippen LogP contribution in [0.4, 0.5) is 0 Å². The SMILES string of the molecule is C=CCCn1c(=O)n(CCC2CO2)c(=O)n(CCC2CO2)c1=O. The Hall–Kier alpha value is -1.93. The normalized spacial score (nSPS) is 22.1. The van der Waals surface area contributed by atoms with Crippen LogP contribution < -0.4 is 17.1 Å². The molecule has 2 aliphatic rings. The summed E-state index contributed by atoms with van der Waals surface area (Å²) in [4.78, 5) is 37.4. The molecule has 2 atom stereocenters. The van der Waals surface area contributed by atoms with Gasteiger partial charge >= 0.3 is 17.1 Å². The van der Waals surface area contributed by atoms with Crippen molar-refractivity contribution in [2.45, 2.75) is 51.1 Å². The van der Waals surface area contributed by atoms with Gasteiger partial charge < -0.3 is 9.47 Å². The smallest absolute Gasteiger partial charge is 0.336 e. The third kappa shape index (κ3) is 3.70. The van der Waals surface area contributed by atoms with Crippen LogP contribution in [0.2, 0.25) is 0 Å². The van der Waals surface area contributed by atoms with Gasteiger partial charge in [-0.15, -0.1) is 6.58 Å². The van der Waals surface area contributed by atoms with E-state index in [1.165, 1.54) is 0 Å². The molecule has 8 nitrogen and oxygen atoms in total. The number of rotatable bonds is 9. The van der Waals surface area contributed by atoms with Crippen molar-refractivity contribution in [3.05, 3.63) is 44.1 Å². The molecule has 126 valence electrons. The van der Waals surface area contributed by atoms with Crippen LogP contribution >= 0.6 is 0 Å². The summed E-state index contributed by atoms with van der Waals surface area (Å²) >= 11 is 0. The number of allylic oxidation sites excluding steroid dienone is 1. The Bertz CT molecular complexity index is 698. The molecule has 0 spiro atoms. The highest BCUT2D eigenvalue weighted by molar-refractivity contribution is 4.83. The summed E-state index contributed by atoms with van der Waals surface area (Å²) in [6, 6.07) is 0. The molecule has 1 aromatic rings. The van der Waals surface area contributed by atoms with E-state index >= 15 is 0 Å². The largest absolute Gasteiger partial charge is 0.373 e. The van der Waals surface area contributed by atoms with Crippen LogP contribution in [-0.4, -0.2) is 39.1 Å². The second-order valence-electron chi connectivity index (χ2n) is 5.87. The van der Waals surface area contributed by atoms with Crippen LogP contribution in [0, 0.1) is 0 Å². The van der Waals surface area contributed by atoms with Gasteiger partial charge in [-0.2, -0.15) is 0 Å². The number of epoxide rings is 2. The van der Waals surface area contributed by atoms with Crippen LogP contribution in [0.3, 0.4) is 0 Å². The summed E-state index contributed by atoms with van der Waals surface area (Å²) in [5.74, 6) is 0. The summed E-state index contributed by atoms with van der Waals surface area (Å²) < 4.78 is 13.6. The van der Waals surface area contributed by atoms with Gasteiger partial charge in [0.1, 0.15) is 0 Å². The van der Waals surface area contributed by atoms with Crippen LogP contribution in [0.1, 0.15) is 19.3 Å². The Labute approximate surface area is 132 Å². The van der Waals surface area contributed by atoms with Gasteiger partial charge in [-0.05, 0) is 19.3 Å². The lowest BCUT2D eigenvalue weighted by Crippen LogP contribution is -2.54. The quantitative estimate of drug-likeness (QED) is 0.444. The van der Waals surface area contributed by atoms with Gasteiger partial charge in [-0.1, -0.05) is 6.08 Å². The molecule has 0 radical (unpaired) electrons. The summed E-state index contributed by atoms with van der Waals surface area (Å²) in [6.07, 6.45) is 3.56. The zero-order chi connectivity index (χ0) is 16.4. The van der Waals surface area contributed by atoms with Crippen LogP contribution in [0.5, 0.6) is 0 Å². The lowest BCUT2D eigenvalue weighted by Gasteiger charge is -2.13. The number of hydrogen-bond donors (Lipinski definition) is 0. The standard InChI is InChI=1S/C15H21N3O5/c1-2-3-6-16-13(19)17(7-4-11-9-22-11)15(21)18(14(16)20)8-5-12-10-23-12/h2,11-12H,1,3-10H2. The fourth-order valence-corrected chi connectivity index (χ4v) is 2.49. The second kappa shape index (κ2) is 6.67. The van der Waals surface area contributed by atoms with Crippen LogP contribution in [-0.2, 0) is 29.1 Å². The minimum absolute atomic E-state index is 0.114. The summed E-state index contributed by atoms with van der Waals surface area (Å²) in [5, 5.41) is 0. The fourth-order valence-electron chi connectivity index (χ4n) is 2.49. The molecule has 3 rings (SSSR count). The third-order valence-electron chi connectivity index (χ3n) is 4.10. The predicted molar refractivity (Wildman–Crippen MR) is 82.8 cm³/mol.